The number of benzene rings is 1. The van der Waals surface area contributed by atoms with Gasteiger partial charge in [0.05, 0.1) is 23.7 Å². The van der Waals surface area contributed by atoms with Gasteiger partial charge in [-0.1, -0.05) is 0 Å². The monoisotopic (exact) mass is 376 g/mol. The minimum absolute atomic E-state index is 0.101. The van der Waals surface area contributed by atoms with E-state index in [1.807, 2.05) is 0 Å². The van der Waals surface area contributed by atoms with Crippen LogP contribution in [0.2, 0.25) is 0 Å². The van der Waals surface area contributed by atoms with Gasteiger partial charge in [-0.3, -0.25) is 0 Å². The summed E-state index contributed by atoms with van der Waals surface area (Å²) < 4.78 is 28.0. The van der Waals surface area contributed by atoms with Gasteiger partial charge in [0.1, 0.15) is 5.82 Å². The first-order valence-electron chi connectivity index (χ1n) is 8.29. The van der Waals surface area contributed by atoms with E-state index in [0.717, 1.165) is 5.69 Å². The summed E-state index contributed by atoms with van der Waals surface area (Å²) in [6.07, 6.45) is 2.15. The molecule has 8 nitrogen and oxygen atoms in total. The Hall–Kier alpha value is -2.68. The summed E-state index contributed by atoms with van der Waals surface area (Å²) in [7, 11) is -2.96. The zero-order valence-electron chi connectivity index (χ0n) is 14.3. The van der Waals surface area contributed by atoms with Crippen molar-refractivity contribution in [1.29, 1.82) is 0 Å². The second kappa shape index (κ2) is 7.69. The van der Waals surface area contributed by atoms with E-state index in [-0.39, 0.29) is 23.5 Å². The molecule has 2 N–H and O–H groups in total. The summed E-state index contributed by atoms with van der Waals surface area (Å²) in [5, 5.41) is 6.18. The lowest BCUT2D eigenvalue weighted by Crippen LogP contribution is -2.22. The fourth-order valence-electron chi connectivity index (χ4n) is 2.64. The van der Waals surface area contributed by atoms with Gasteiger partial charge < -0.3 is 15.4 Å². The molecular weight excluding hydrogens is 356 g/mol. The fourth-order valence-corrected chi connectivity index (χ4v) is 4.31. The fraction of sp³-hybridized carbons (Fsp3) is 0.353. The molecule has 0 radical (unpaired) electrons. The maximum Gasteiger partial charge on any atom is 0.338 e. The lowest BCUT2D eigenvalue weighted by Gasteiger charge is -2.12. The summed E-state index contributed by atoms with van der Waals surface area (Å²) >= 11 is 0. The van der Waals surface area contributed by atoms with Crippen LogP contribution in [-0.2, 0) is 14.6 Å². The molecule has 0 amide bonds. The van der Waals surface area contributed by atoms with Gasteiger partial charge in [-0.2, -0.15) is 4.98 Å². The average Bonchev–Trinajstić information content (AvgIpc) is 2.94. The van der Waals surface area contributed by atoms with Crippen molar-refractivity contribution in [3.8, 4) is 0 Å². The molecule has 0 spiro atoms. The number of rotatable bonds is 6. The molecule has 0 bridgehead atoms. The van der Waals surface area contributed by atoms with Crippen LogP contribution in [0.3, 0.4) is 0 Å². The molecule has 1 aromatic heterocycles. The van der Waals surface area contributed by atoms with Crippen LogP contribution >= 0.6 is 0 Å². The van der Waals surface area contributed by atoms with E-state index >= 15 is 0 Å². The van der Waals surface area contributed by atoms with E-state index in [1.54, 1.807) is 43.5 Å². The number of hydrogen-bond acceptors (Lipinski definition) is 8. The van der Waals surface area contributed by atoms with Crippen LogP contribution in [0.25, 0.3) is 0 Å². The quantitative estimate of drug-likeness (QED) is 0.737. The van der Waals surface area contributed by atoms with Gasteiger partial charge in [0, 0.05) is 17.9 Å². The van der Waals surface area contributed by atoms with Gasteiger partial charge in [-0.15, -0.1) is 0 Å². The number of carbonyl (C=O) groups excluding carboxylic acids is 1. The normalized spacial score (nSPS) is 18.3. The van der Waals surface area contributed by atoms with Crippen molar-refractivity contribution in [2.45, 2.75) is 19.4 Å². The number of sulfone groups is 1. The summed E-state index contributed by atoms with van der Waals surface area (Å²) in [5.41, 5.74) is 1.23. The maximum atomic E-state index is 11.7. The van der Waals surface area contributed by atoms with Crippen molar-refractivity contribution < 1.29 is 17.9 Å². The second-order valence-electron chi connectivity index (χ2n) is 5.93. The molecule has 0 aliphatic carbocycles. The molecule has 0 saturated carbocycles. The summed E-state index contributed by atoms with van der Waals surface area (Å²) in [6.45, 7) is 2.09. The van der Waals surface area contributed by atoms with Crippen LogP contribution in [-0.4, -0.2) is 48.5 Å². The molecule has 3 rings (SSSR count). The third-order valence-electron chi connectivity index (χ3n) is 3.89. The molecule has 1 aromatic carbocycles. The number of carbonyl (C=O) groups is 1. The first kappa shape index (κ1) is 18.1. The Kier molecular flexibility index (Phi) is 5.36. The van der Waals surface area contributed by atoms with E-state index in [1.165, 1.54) is 0 Å². The SMILES string of the molecule is CCOC(=O)c1ccc(Nc2ccnc(NC3CCS(=O)(=O)C3)n2)cc1. The Balaban J connectivity index is 1.64. The molecule has 1 aliphatic heterocycles. The van der Waals surface area contributed by atoms with Crippen LogP contribution < -0.4 is 10.6 Å². The van der Waals surface area contributed by atoms with Crippen LogP contribution in [0, 0.1) is 0 Å². The topological polar surface area (TPSA) is 110 Å². The van der Waals surface area contributed by atoms with Crippen molar-refractivity contribution in [2.75, 3.05) is 28.7 Å². The van der Waals surface area contributed by atoms with E-state index in [9.17, 15) is 13.2 Å². The molecule has 1 unspecified atom stereocenters. The third kappa shape index (κ3) is 4.69. The number of anilines is 3. The molecule has 2 heterocycles. The van der Waals surface area contributed by atoms with E-state index in [0.29, 0.717) is 30.4 Å². The molecule has 1 fully saturated rings. The van der Waals surface area contributed by atoms with Crippen LogP contribution in [0.4, 0.5) is 17.5 Å². The summed E-state index contributed by atoms with van der Waals surface area (Å²) in [5.74, 6) is 0.866. The van der Waals surface area contributed by atoms with Crippen LogP contribution in [0.5, 0.6) is 0 Å². The van der Waals surface area contributed by atoms with E-state index < -0.39 is 9.84 Å². The van der Waals surface area contributed by atoms with Gasteiger partial charge in [0.15, 0.2) is 9.84 Å². The number of nitrogens with one attached hydrogen (secondary N) is 2. The lowest BCUT2D eigenvalue weighted by atomic mass is 10.2. The van der Waals surface area contributed by atoms with Gasteiger partial charge >= 0.3 is 5.97 Å². The number of esters is 1. The molecule has 138 valence electrons. The highest BCUT2D eigenvalue weighted by molar-refractivity contribution is 7.91. The zero-order chi connectivity index (χ0) is 18.6. The predicted molar refractivity (Wildman–Crippen MR) is 98.4 cm³/mol. The van der Waals surface area contributed by atoms with Gasteiger partial charge in [-0.05, 0) is 43.7 Å². The standard InChI is InChI=1S/C17H20N4O4S/c1-2-25-16(22)12-3-5-13(6-4-12)19-15-7-9-18-17(21-15)20-14-8-10-26(23,24)11-14/h3-7,9,14H,2,8,10-11H2,1H3,(H2,18,19,20,21). The minimum Gasteiger partial charge on any atom is -0.462 e. The molecular formula is C17H20N4O4S. The maximum absolute atomic E-state index is 11.7. The Labute approximate surface area is 151 Å². The molecule has 26 heavy (non-hydrogen) atoms. The van der Waals surface area contributed by atoms with Crippen LogP contribution in [0.15, 0.2) is 36.5 Å². The van der Waals surface area contributed by atoms with Crippen molar-refractivity contribution >= 4 is 33.3 Å². The molecule has 9 heteroatoms. The number of aromatic nitrogens is 2. The Morgan fingerprint density at radius 1 is 1.27 bits per heavy atom. The summed E-state index contributed by atoms with van der Waals surface area (Å²) in [4.78, 5) is 20.1. The number of hydrogen-bond donors (Lipinski definition) is 2. The zero-order valence-corrected chi connectivity index (χ0v) is 15.1. The van der Waals surface area contributed by atoms with Crippen molar-refractivity contribution in [1.82, 2.24) is 9.97 Å². The second-order valence-corrected chi connectivity index (χ2v) is 8.16. The van der Waals surface area contributed by atoms with Gasteiger partial charge in [0.25, 0.3) is 0 Å². The molecule has 2 aromatic rings. The predicted octanol–water partition coefficient (Wildman–Crippen LogP) is 2.00. The molecule has 1 aliphatic rings. The highest BCUT2D eigenvalue weighted by Gasteiger charge is 2.28. The summed E-state index contributed by atoms with van der Waals surface area (Å²) in [6, 6.07) is 8.39. The Morgan fingerprint density at radius 2 is 2.04 bits per heavy atom. The highest BCUT2D eigenvalue weighted by atomic mass is 32.2. The van der Waals surface area contributed by atoms with Crippen LogP contribution in [0.1, 0.15) is 23.7 Å². The highest BCUT2D eigenvalue weighted by Crippen LogP contribution is 2.19. The first-order valence-corrected chi connectivity index (χ1v) is 10.1. The number of ether oxygens (including phenoxy) is 1. The smallest absolute Gasteiger partial charge is 0.338 e. The van der Waals surface area contributed by atoms with Crippen molar-refractivity contribution in [3.05, 3.63) is 42.1 Å². The van der Waals surface area contributed by atoms with E-state index in [4.69, 9.17) is 4.74 Å². The minimum atomic E-state index is -2.96. The largest absolute Gasteiger partial charge is 0.462 e. The van der Waals surface area contributed by atoms with Gasteiger partial charge in [-0.25, -0.2) is 18.2 Å². The Bertz CT molecular complexity index is 884. The Morgan fingerprint density at radius 3 is 2.69 bits per heavy atom. The number of nitrogens with zero attached hydrogens (tertiary/aromatic N) is 2. The van der Waals surface area contributed by atoms with E-state index in [2.05, 4.69) is 20.6 Å². The average molecular weight is 376 g/mol. The van der Waals surface area contributed by atoms with Crippen molar-refractivity contribution in [2.24, 2.45) is 0 Å². The molecule has 1 saturated heterocycles. The van der Waals surface area contributed by atoms with Crippen molar-refractivity contribution in [3.63, 3.8) is 0 Å². The lowest BCUT2D eigenvalue weighted by molar-refractivity contribution is 0.0526. The third-order valence-corrected chi connectivity index (χ3v) is 5.66. The van der Waals surface area contributed by atoms with Gasteiger partial charge in [0.2, 0.25) is 5.95 Å². The first-order chi connectivity index (χ1) is 12.4. The molecule has 1 atom stereocenters.